The fourth-order valence-corrected chi connectivity index (χ4v) is 5.73. The van der Waals surface area contributed by atoms with Crippen molar-refractivity contribution in [2.24, 2.45) is 0 Å². The standard InChI is InChI=1S/C26H32N4O3S/c1-4-14-30(20-12-15-29(16-13-20)26(33)19-8-6-5-7-9-19)22(31)11-10-21-27-24(32)23-17(2)18(3)34-25(23)28-21/h5-9,20H,4,10-16H2,1-3H3,(H,27,28,32). The number of fused-ring (bicyclic) bond motifs is 1. The smallest absolute Gasteiger partial charge is 0.259 e. The molecule has 34 heavy (non-hydrogen) atoms. The average Bonchev–Trinajstić information content (AvgIpc) is 3.14. The van der Waals surface area contributed by atoms with E-state index >= 15 is 0 Å². The van der Waals surface area contributed by atoms with Crippen molar-refractivity contribution in [3.63, 3.8) is 0 Å². The van der Waals surface area contributed by atoms with Crippen LogP contribution in [-0.4, -0.2) is 57.3 Å². The van der Waals surface area contributed by atoms with E-state index < -0.39 is 0 Å². The number of nitrogens with one attached hydrogen (secondary N) is 1. The number of carbonyl (C=O) groups excluding carboxylic acids is 2. The summed E-state index contributed by atoms with van der Waals surface area (Å²) in [4.78, 5) is 51.6. The molecule has 0 atom stereocenters. The number of piperidine rings is 1. The van der Waals surface area contributed by atoms with Crippen LogP contribution in [0.4, 0.5) is 0 Å². The van der Waals surface area contributed by atoms with Crippen molar-refractivity contribution < 1.29 is 9.59 Å². The number of carbonyl (C=O) groups is 2. The van der Waals surface area contributed by atoms with Crippen molar-refractivity contribution in [3.05, 3.63) is 62.5 Å². The molecule has 180 valence electrons. The van der Waals surface area contributed by atoms with Crippen LogP contribution >= 0.6 is 11.3 Å². The lowest BCUT2D eigenvalue weighted by Crippen LogP contribution is -2.49. The van der Waals surface area contributed by atoms with E-state index in [0.717, 1.165) is 34.5 Å². The van der Waals surface area contributed by atoms with Crippen LogP contribution in [0.15, 0.2) is 35.1 Å². The molecule has 0 unspecified atom stereocenters. The molecule has 1 aliphatic rings. The van der Waals surface area contributed by atoms with Gasteiger partial charge < -0.3 is 14.8 Å². The monoisotopic (exact) mass is 480 g/mol. The Hall–Kier alpha value is -3.00. The minimum absolute atomic E-state index is 0.0527. The second-order valence-corrected chi connectivity index (χ2v) is 10.2. The second-order valence-electron chi connectivity index (χ2n) is 8.95. The van der Waals surface area contributed by atoms with E-state index in [-0.39, 0.29) is 23.4 Å². The van der Waals surface area contributed by atoms with Gasteiger partial charge in [-0.25, -0.2) is 4.98 Å². The average molecular weight is 481 g/mol. The zero-order valence-electron chi connectivity index (χ0n) is 20.1. The third-order valence-corrected chi connectivity index (χ3v) is 7.76. The molecule has 0 bridgehead atoms. The van der Waals surface area contributed by atoms with E-state index in [1.165, 1.54) is 11.3 Å². The van der Waals surface area contributed by atoms with Crippen LogP contribution < -0.4 is 5.56 Å². The van der Waals surface area contributed by atoms with Gasteiger partial charge >= 0.3 is 0 Å². The van der Waals surface area contributed by atoms with Gasteiger partial charge in [0, 0.05) is 49.0 Å². The minimum Gasteiger partial charge on any atom is -0.340 e. The fourth-order valence-electron chi connectivity index (χ4n) is 4.68. The number of aromatic amines is 1. The number of likely N-dealkylation sites (tertiary alicyclic amines) is 1. The van der Waals surface area contributed by atoms with Gasteiger partial charge in [0.25, 0.3) is 11.5 Å². The number of H-pyrrole nitrogens is 1. The van der Waals surface area contributed by atoms with Crippen LogP contribution in [0.2, 0.25) is 0 Å². The van der Waals surface area contributed by atoms with E-state index in [1.54, 1.807) is 0 Å². The molecule has 7 nitrogen and oxygen atoms in total. The van der Waals surface area contributed by atoms with Crippen LogP contribution in [0.3, 0.4) is 0 Å². The van der Waals surface area contributed by atoms with Crippen molar-refractivity contribution in [2.45, 2.75) is 58.9 Å². The predicted octanol–water partition coefficient (Wildman–Crippen LogP) is 4.08. The Kier molecular flexibility index (Phi) is 7.46. The molecular formula is C26H32N4O3S. The fraction of sp³-hybridized carbons (Fsp3) is 0.462. The number of aryl methyl sites for hydroxylation is 3. The summed E-state index contributed by atoms with van der Waals surface area (Å²) < 4.78 is 0. The van der Waals surface area contributed by atoms with Gasteiger partial charge in [-0.3, -0.25) is 14.4 Å². The number of nitrogens with zero attached hydrogens (tertiary/aromatic N) is 3. The van der Waals surface area contributed by atoms with E-state index in [0.29, 0.717) is 49.2 Å². The number of rotatable bonds is 7. The summed E-state index contributed by atoms with van der Waals surface area (Å²) in [5, 5.41) is 0.655. The number of thiophene rings is 1. The van der Waals surface area contributed by atoms with Gasteiger partial charge in [-0.15, -0.1) is 11.3 Å². The minimum atomic E-state index is -0.129. The number of amides is 2. The normalized spacial score (nSPS) is 14.5. The molecule has 0 aliphatic carbocycles. The van der Waals surface area contributed by atoms with E-state index in [1.807, 2.05) is 54.0 Å². The second kappa shape index (κ2) is 10.5. The summed E-state index contributed by atoms with van der Waals surface area (Å²) in [5.74, 6) is 0.694. The summed E-state index contributed by atoms with van der Waals surface area (Å²) in [6, 6.07) is 9.48. The Balaban J connectivity index is 1.38. The SMILES string of the molecule is CCCN(C(=O)CCc1nc2sc(C)c(C)c2c(=O)[nH]1)C1CCN(C(=O)c2ccccc2)CC1. The maximum atomic E-state index is 13.2. The molecule has 8 heteroatoms. The number of hydrogen-bond donors (Lipinski definition) is 1. The topological polar surface area (TPSA) is 86.4 Å². The molecule has 0 saturated carbocycles. The van der Waals surface area contributed by atoms with Crippen molar-refractivity contribution in [1.82, 2.24) is 19.8 Å². The first-order chi connectivity index (χ1) is 16.4. The molecule has 0 radical (unpaired) electrons. The van der Waals surface area contributed by atoms with E-state index in [4.69, 9.17) is 0 Å². The van der Waals surface area contributed by atoms with Crippen LogP contribution in [-0.2, 0) is 11.2 Å². The molecule has 2 aromatic heterocycles. The zero-order chi connectivity index (χ0) is 24.2. The largest absolute Gasteiger partial charge is 0.340 e. The lowest BCUT2D eigenvalue weighted by molar-refractivity contribution is -0.134. The summed E-state index contributed by atoms with van der Waals surface area (Å²) in [6.45, 7) is 8.00. The first-order valence-electron chi connectivity index (χ1n) is 12.0. The summed E-state index contributed by atoms with van der Waals surface area (Å²) in [6.07, 6.45) is 3.15. The lowest BCUT2D eigenvalue weighted by Gasteiger charge is -2.38. The highest BCUT2D eigenvalue weighted by atomic mass is 32.1. The molecule has 1 saturated heterocycles. The molecule has 1 aromatic carbocycles. The Morgan fingerprint density at radius 2 is 1.88 bits per heavy atom. The summed E-state index contributed by atoms with van der Waals surface area (Å²) in [7, 11) is 0. The highest BCUT2D eigenvalue weighted by molar-refractivity contribution is 7.18. The third kappa shape index (κ3) is 5.06. The molecule has 2 amide bonds. The predicted molar refractivity (Wildman–Crippen MR) is 135 cm³/mol. The Morgan fingerprint density at radius 3 is 2.56 bits per heavy atom. The van der Waals surface area contributed by atoms with Crippen LogP contribution in [0.25, 0.3) is 10.2 Å². The molecule has 1 N–H and O–H groups in total. The quantitative estimate of drug-likeness (QED) is 0.552. The molecule has 1 aliphatic heterocycles. The first kappa shape index (κ1) is 24.1. The van der Waals surface area contributed by atoms with Gasteiger partial charge in [0.2, 0.25) is 5.91 Å². The Morgan fingerprint density at radius 1 is 1.18 bits per heavy atom. The first-order valence-corrected chi connectivity index (χ1v) is 12.8. The van der Waals surface area contributed by atoms with E-state index in [9.17, 15) is 14.4 Å². The molecule has 3 aromatic rings. The van der Waals surface area contributed by atoms with Gasteiger partial charge in [0.15, 0.2) is 0 Å². The van der Waals surface area contributed by atoms with Crippen molar-refractivity contribution in [1.29, 1.82) is 0 Å². The Labute approximate surface area is 203 Å². The number of hydrogen-bond acceptors (Lipinski definition) is 5. The van der Waals surface area contributed by atoms with Gasteiger partial charge in [-0.05, 0) is 50.8 Å². The molecule has 1 fully saturated rings. The highest BCUT2D eigenvalue weighted by Crippen LogP contribution is 2.26. The van der Waals surface area contributed by atoms with Crippen LogP contribution in [0, 0.1) is 13.8 Å². The maximum Gasteiger partial charge on any atom is 0.259 e. The number of benzene rings is 1. The van der Waals surface area contributed by atoms with Crippen molar-refractivity contribution in [2.75, 3.05) is 19.6 Å². The lowest BCUT2D eigenvalue weighted by atomic mass is 10.0. The molecule has 4 rings (SSSR count). The molecule has 0 spiro atoms. The molecule has 3 heterocycles. The molecular weight excluding hydrogens is 448 g/mol. The van der Waals surface area contributed by atoms with Crippen molar-refractivity contribution >= 4 is 33.4 Å². The van der Waals surface area contributed by atoms with Gasteiger partial charge in [-0.1, -0.05) is 25.1 Å². The zero-order valence-corrected chi connectivity index (χ0v) is 20.9. The third-order valence-electron chi connectivity index (χ3n) is 6.66. The maximum absolute atomic E-state index is 13.2. The summed E-state index contributed by atoms with van der Waals surface area (Å²) in [5.41, 5.74) is 1.55. The van der Waals surface area contributed by atoms with Crippen LogP contribution in [0.1, 0.15) is 59.2 Å². The highest BCUT2D eigenvalue weighted by Gasteiger charge is 2.29. The Bertz CT molecular complexity index is 1230. The van der Waals surface area contributed by atoms with Gasteiger partial charge in [0.1, 0.15) is 10.7 Å². The summed E-state index contributed by atoms with van der Waals surface area (Å²) >= 11 is 1.52. The van der Waals surface area contributed by atoms with Crippen LogP contribution in [0.5, 0.6) is 0 Å². The van der Waals surface area contributed by atoms with E-state index in [2.05, 4.69) is 16.9 Å². The van der Waals surface area contributed by atoms with Gasteiger partial charge in [-0.2, -0.15) is 0 Å². The number of aromatic nitrogens is 2. The van der Waals surface area contributed by atoms with Crippen molar-refractivity contribution in [3.8, 4) is 0 Å². The van der Waals surface area contributed by atoms with Gasteiger partial charge in [0.05, 0.1) is 5.39 Å².